The monoisotopic (exact) mass is 211 g/mol. The fourth-order valence-electron chi connectivity index (χ4n) is 1.79. The molecule has 1 aromatic carbocycles. The van der Waals surface area contributed by atoms with Gasteiger partial charge in [0.25, 0.3) is 0 Å². The molecule has 3 heteroatoms. The lowest BCUT2D eigenvalue weighted by atomic mass is 9.97. The fourth-order valence-corrected chi connectivity index (χ4v) is 1.79. The van der Waals surface area contributed by atoms with E-state index in [0.717, 1.165) is 11.1 Å². The van der Waals surface area contributed by atoms with E-state index in [-0.39, 0.29) is 11.9 Å². The Bertz CT molecular complexity index is 315. The van der Waals surface area contributed by atoms with Gasteiger partial charge in [0.05, 0.1) is 0 Å². The molecule has 0 saturated carbocycles. The minimum atomic E-state index is -0.287. The number of halogens is 1. The highest BCUT2D eigenvalue weighted by Crippen LogP contribution is 2.23. The van der Waals surface area contributed by atoms with Gasteiger partial charge in [0.2, 0.25) is 0 Å². The predicted molar refractivity (Wildman–Crippen MR) is 59.3 cm³/mol. The Morgan fingerprint density at radius 2 is 2.07 bits per heavy atom. The Hall–Kier alpha value is -0.930. The molecule has 1 rings (SSSR count). The summed E-state index contributed by atoms with van der Waals surface area (Å²) in [6.07, 6.45) is 0.636. The maximum Gasteiger partial charge on any atom is 0.128 e. The van der Waals surface area contributed by atoms with Crippen LogP contribution in [-0.2, 0) is 4.74 Å². The molecule has 15 heavy (non-hydrogen) atoms. The van der Waals surface area contributed by atoms with Crippen molar-refractivity contribution in [3.05, 3.63) is 34.6 Å². The molecule has 1 unspecified atom stereocenters. The molecule has 0 heterocycles. The van der Waals surface area contributed by atoms with Crippen LogP contribution in [0.5, 0.6) is 0 Å². The molecular formula is C12H18FNO. The van der Waals surface area contributed by atoms with Gasteiger partial charge in [-0.3, -0.25) is 0 Å². The molecule has 0 spiro atoms. The number of ether oxygens (including phenoxy) is 1. The molecule has 0 bridgehead atoms. The van der Waals surface area contributed by atoms with E-state index in [1.165, 1.54) is 6.07 Å². The summed E-state index contributed by atoms with van der Waals surface area (Å²) >= 11 is 0. The van der Waals surface area contributed by atoms with Gasteiger partial charge in [-0.15, -0.1) is 0 Å². The van der Waals surface area contributed by atoms with Crippen molar-refractivity contribution >= 4 is 0 Å². The fraction of sp³-hybridized carbons (Fsp3) is 0.500. The quantitative estimate of drug-likeness (QED) is 0.830. The molecule has 1 aromatic rings. The zero-order valence-electron chi connectivity index (χ0n) is 9.51. The van der Waals surface area contributed by atoms with Gasteiger partial charge in [-0.05, 0) is 37.5 Å². The van der Waals surface area contributed by atoms with E-state index >= 15 is 0 Å². The van der Waals surface area contributed by atoms with Gasteiger partial charge in [-0.1, -0.05) is 6.07 Å². The maximum absolute atomic E-state index is 13.7. The summed E-state index contributed by atoms with van der Waals surface area (Å²) in [5, 5.41) is 0. The van der Waals surface area contributed by atoms with E-state index in [2.05, 4.69) is 0 Å². The standard InChI is InChI=1S/C12H18FNO/c1-8-6-9(2)12(10(13)7-8)11(14)4-5-15-3/h6-7,11H,4-5,14H2,1-3H3. The van der Waals surface area contributed by atoms with Crippen LogP contribution in [0.1, 0.15) is 29.2 Å². The van der Waals surface area contributed by atoms with Gasteiger partial charge in [0.15, 0.2) is 0 Å². The summed E-state index contributed by atoms with van der Waals surface area (Å²) in [4.78, 5) is 0. The Kier molecular flexibility index (Phi) is 4.24. The minimum absolute atomic E-state index is 0.212. The molecule has 84 valence electrons. The summed E-state index contributed by atoms with van der Waals surface area (Å²) < 4.78 is 18.6. The second-order valence-corrected chi connectivity index (χ2v) is 3.87. The third-order valence-electron chi connectivity index (χ3n) is 2.48. The van der Waals surface area contributed by atoms with Gasteiger partial charge in [0, 0.05) is 25.3 Å². The third kappa shape index (κ3) is 3.01. The average Bonchev–Trinajstić information content (AvgIpc) is 2.12. The van der Waals surface area contributed by atoms with Crippen molar-refractivity contribution in [2.45, 2.75) is 26.3 Å². The highest BCUT2D eigenvalue weighted by Gasteiger charge is 2.14. The number of aryl methyl sites for hydroxylation is 2. The van der Waals surface area contributed by atoms with E-state index in [1.807, 2.05) is 19.9 Å². The Labute approximate surface area is 90.2 Å². The molecule has 0 aliphatic heterocycles. The molecule has 2 nitrogen and oxygen atoms in total. The minimum Gasteiger partial charge on any atom is -0.385 e. The molecular weight excluding hydrogens is 193 g/mol. The van der Waals surface area contributed by atoms with Crippen molar-refractivity contribution in [1.82, 2.24) is 0 Å². The van der Waals surface area contributed by atoms with Crippen LogP contribution in [0.15, 0.2) is 12.1 Å². The lowest BCUT2D eigenvalue weighted by Crippen LogP contribution is -2.16. The molecule has 0 aliphatic carbocycles. The molecule has 0 amide bonds. The lowest BCUT2D eigenvalue weighted by molar-refractivity contribution is 0.187. The van der Waals surface area contributed by atoms with E-state index in [1.54, 1.807) is 7.11 Å². The van der Waals surface area contributed by atoms with Crippen molar-refractivity contribution in [3.63, 3.8) is 0 Å². The summed E-state index contributed by atoms with van der Waals surface area (Å²) in [7, 11) is 1.62. The number of hydrogen-bond donors (Lipinski definition) is 1. The summed E-state index contributed by atoms with van der Waals surface area (Å²) in [6, 6.07) is 3.19. The topological polar surface area (TPSA) is 35.2 Å². The normalized spacial score (nSPS) is 12.9. The first-order valence-corrected chi connectivity index (χ1v) is 5.07. The number of benzene rings is 1. The van der Waals surface area contributed by atoms with Crippen molar-refractivity contribution in [3.8, 4) is 0 Å². The van der Waals surface area contributed by atoms with Crippen molar-refractivity contribution in [1.29, 1.82) is 0 Å². The number of methoxy groups -OCH3 is 1. The smallest absolute Gasteiger partial charge is 0.128 e. The van der Waals surface area contributed by atoms with E-state index in [0.29, 0.717) is 18.6 Å². The lowest BCUT2D eigenvalue weighted by Gasteiger charge is -2.15. The van der Waals surface area contributed by atoms with Crippen LogP contribution in [0.4, 0.5) is 4.39 Å². The van der Waals surface area contributed by atoms with Gasteiger partial charge in [-0.25, -0.2) is 4.39 Å². The molecule has 2 N–H and O–H groups in total. The summed E-state index contributed by atoms with van der Waals surface area (Å²) in [5.41, 5.74) is 8.36. The summed E-state index contributed by atoms with van der Waals surface area (Å²) in [5.74, 6) is -0.212. The molecule has 0 radical (unpaired) electrons. The van der Waals surface area contributed by atoms with Gasteiger partial charge in [-0.2, -0.15) is 0 Å². The number of rotatable bonds is 4. The van der Waals surface area contributed by atoms with Crippen LogP contribution in [0.3, 0.4) is 0 Å². The van der Waals surface area contributed by atoms with E-state index in [4.69, 9.17) is 10.5 Å². The van der Waals surface area contributed by atoms with E-state index < -0.39 is 0 Å². The Morgan fingerprint density at radius 3 is 2.60 bits per heavy atom. The van der Waals surface area contributed by atoms with Crippen molar-refractivity contribution < 1.29 is 9.13 Å². The number of nitrogens with two attached hydrogens (primary N) is 1. The van der Waals surface area contributed by atoms with Crippen LogP contribution in [-0.4, -0.2) is 13.7 Å². The van der Waals surface area contributed by atoms with Crippen LogP contribution in [0.2, 0.25) is 0 Å². The zero-order valence-corrected chi connectivity index (χ0v) is 9.51. The maximum atomic E-state index is 13.7. The second kappa shape index (κ2) is 5.24. The Balaban J connectivity index is 2.92. The highest BCUT2D eigenvalue weighted by molar-refractivity contribution is 5.34. The van der Waals surface area contributed by atoms with Crippen LogP contribution in [0.25, 0.3) is 0 Å². The Morgan fingerprint density at radius 1 is 1.40 bits per heavy atom. The molecule has 0 aliphatic rings. The zero-order chi connectivity index (χ0) is 11.4. The third-order valence-corrected chi connectivity index (χ3v) is 2.48. The highest BCUT2D eigenvalue weighted by atomic mass is 19.1. The molecule has 0 aromatic heterocycles. The molecule has 0 saturated heterocycles. The first-order chi connectivity index (χ1) is 7.06. The molecule has 0 fully saturated rings. The van der Waals surface area contributed by atoms with Gasteiger partial charge >= 0.3 is 0 Å². The molecule has 1 atom stereocenters. The number of hydrogen-bond acceptors (Lipinski definition) is 2. The van der Waals surface area contributed by atoms with Gasteiger partial charge in [0.1, 0.15) is 5.82 Å². The van der Waals surface area contributed by atoms with Crippen LogP contribution < -0.4 is 5.73 Å². The van der Waals surface area contributed by atoms with Crippen LogP contribution >= 0.6 is 0 Å². The second-order valence-electron chi connectivity index (χ2n) is 3.87. The van der Waals surface area contributed by atoms with Crippen molar-refractivity contribution in [2.24, 2.45) is 5.73 Å². The van der Waals surface area contributed by atoms with E-state index in [9.17, 15) is 4.39 Å². The first-order valence-electron chi connectivity index (χ1n) is 5.07. The largest absolute Gasteiger partial charge is 0.385 e. The summed E-state index contributed by atoms with van der Waals surface area (Å²) in [6.45, 7) is 4.31. The SMILES string of the molecule is COCCC(N)c1c(C)cc(C)cc1F. The van der Waals surface area contributed by atoms with Gasteiger partial charge < -0.3 is 10.5 Å². The average molecular weight is 211 g/mol. The van der Waals surface area contributed by atoms with Crippen molar-refractivity contribution in [2.75, 3.05) is 13.7 Å². The first kappa shape index (κ1) is 12.1. The predicted octanol–water partition coefficient (Wildman–Crippen LogP) is 2.48. The van der Waals surface area contributed by atoms with Crippen LogP contribution in [0, 0.1) is 19.7 Å².